The van der Waals surface area contributed by atoms with Crippen molar-refractivity contribution in [3.05, 3.63) is 70.5 Å². The Morgan fingerprint density at radius 1 is 1.25 bits per heavy atom. The molecule has 1 unspecified atom stereocenters. The van der Waals surface area contributed by atoms with Crippen LogP contribution in [0.15, 0.2) is 42.5 Å². The maximum atomic E-state index is 13.3. The first-order chi connectivity index (χ1) is 9.66. The van der Waals surface area contributed by atoms with Gasteiger partial charge in [-0.05, 0) is 48.2 Å². The molecule has 0 aromatic heterocycles. The summed E-state index contributed by atoms with van der Waals surface area (Å²) in [6.07, 6.45) is 0.243. The molecular weight excluding hydrogens is 255 g/mol. The number of carbonyl (C=O) groups excluding carboxylic acids is 1. The van der Waals surface area contributed by atoms with E-state index in [4.69, 9.17) is 4.74 Å². The van der Waals surface area contributed by atoms with Gasteiger partial charge in [-0.2, -0.15) is 0 Å². The van der Waals surface area contributed by atoms with Gasteiger partial charge < -0.3 is 4.74 Å². The SMILES string of the molecule is Cc1cc(C(=O)C2OCCc3ccccc32)ccc1F. The van der Waals surface area contributed by atoms with Crippen LogP contribution in [0.25, 0.3) is 0 Å². The summed E-state index contributed by atoms with van der Waals surface area (Å²) in [6.45, 7) is 2.19. The van der Waals surface area contributed by atoms with Gasteiger partial charge in [0.15, 0.2) is 5.78 Å². The molecule has 0 spiro atoms. The average molecular weight is 270 g/mol. The molecule has 3 heteroatoms. The monoisotopic (exact) mass is 270 g/mol. The van der Waals surface area contributed by atoms with Crippen molar-refractivity contribution in [2.24, 2.45) is 0 Å². The molecule has 1 aliphatic heterocycles. The van der Waals surface area contributed by atoms with Crippen molar-refractivity contribution in [2.75, 3.05) is 6.61 Å². The van der Waals surface area contributed by atoms with Crippen LogP contribution in [0.1, 0.15) is 33.2 Å². The molecule has 0 amide bonds. The normalized spacial score (nSPS) is 17.6. The predicted octanol–water partition coefficient (Wildman–Crippen LogP) is 3.63. The summed E-state index contributed by atoms with van der Waals surface area (Å²) in [4.78, 5) is 12.6. The number of halogens is 1. The maximum absolute atomic E-state index is 13.3. The molecule has 0 fully saturated rings. The first-order valence-electron chi connectivity index (χ1n) is 6.66. The summed E-state index contributed by atoms with van der Waals surface area (Å²) in [5.41, 5.74) is 3.03. The van der Waals surface area contributed by atoms with Gasteiger partial charge in [0.05, 0.1) is 6.61 Å². The summed E-state index contributed by atoms with van der Waals surface area (Å²) in [5, 5.41) is 0. The molecule has 2 nitrogen and oxygen atoms in total. The minimum atomic E-state index is -0.579. The van der Waals surface area contributed by atoms with Crippen molar-refractivity contribution in [1.82, 2.24) is 0 Å². The molecule has 102 valence electrons. The summed E-state index contributed by atoms with van der Waals surface area (Å²) < 4.78 is 18.9. The van der Waals surface area contributed by atoms with E-state index in [0.29, 0.717) is 17.7 Å². The van der Waals surface area contributed by atoms with E-state index in [0.717, 1.165) is 17.5 Å². The highest BCUT2D eigenvalue weighted by atomic mass is 19.1. The van der Waals surface area contributed by atoms with Gasteiger partial charge in [0.1, 0.15) is 11.9 Å². The van der Waals surface area contributed by atoms with E-state index < -0.39 is 6.10 Å². The zero-order valence-electron chi connectivity index (χ0n) is 11.2. The van der Waals surface area contributed by atoms with Crippen LogP contribution in [0.3, 0.4) is 0 Å². The van der Waals surface area contributed by atoms with Crippen LogP contribution >= 0.6 is 0 Å². The second kappa shape index (κ2) is 5.17. The number of carbonyl (C=O) groups is 1. The van der Waals surface area contributed by atoms with Gasteiger partial charge in [-0.3, -0.25) is 4.79 Å². The molecule has 0 saturated heterocycles. The molecule has 0 N–H and O–H groups in total. The molecule has 20 heavy (non-hydrogen) atoms. The third kappa shape index (κ3) is 2.25. The molecule has 0 radical (unpaired) electrons. The molecule has 1 aliphatic rings. The quantitative estimate of drug-likeness (QED) is 0.779. The van der Waals surface area contributed by atoms with Gasteiger partial charge in [0, 0.05) is 5.56 Å². The second-order valence-corrected chi connectivity index (χ2v) is 5.03. The minimum Gasteiger partial charge on any atom is -0.365 e. The van der Waals surface area contributed by atoms with Crippen LogP contribution in [-0.4, -0.2) is 12.4 Å². The van der Waals surface area contributed by atoms with Crippen molar-refractivity contribution < 1.29 is 13.9 Å². The first kappa shape index (κ1) is 13.0. The fourth-order valence-electron chi connectivity index (χ4n) is 2.56. The number of fused-ring (bicyclic) bond motifs is 1. The molecule has 2 aromatic carbocycles. The molecule has 2 aromatic rings. The van der Waals surface area contributed by atoms with Crippen LogP contribution in [-0.2, 0) is 11.2 Å². The van der Waals surface area contributed by atoms with Crippen molar-refractivity contribution in [2.45, 2.75) is 19.4 Å². The Hall–Kier alpha value is -2.00. The average Bonchev–Trinajstić information content (AvgIpc) is 2.49. The fraction of sp³-hybridized carbons (Fsp3) is 0.235. The van der Waals surface area contributed by atoms with Gasteiger partial charge in [0.25, 0.3) is 0 Å². The zero-order chi connectivity index (χ0) is 14.1. The molecule has 1 atom stereocenters. The summed E-state index contributed by atoms with van der Waals surface area (Å²) >= 11 is 0. The Kier molecular flexibility index (Phi) is 3.36. The largest absolute Gasteiger partial charge is 0.365 e. The lowest BCUT2D eigenvalue weighted by molar-refractivity contribution is 0.0349. The number of benzene rings is 2. The number of Topliss-reactive ketones (excluding diaryl/α,β-unsaturated/α-hetero) is 1. The lowest BCUT2D eigenvalue weighted by Crippen LogP contribution is -2.23. The number of hydrogen-bond donors (Lipinski definition) is 0. The molecule has 0 bridgehead atoms. The third-order valence-electron chi connectivity index (χ3n) is 3.67. The zero-order valence-corrected chi connectivity index (χ0v) is 11.2. The maximum Gasteiger partial charge on any atom is 0.196 e. The van der Waals surface area contributed by atoms with Crippen LogP contribution in [0.2, 0.25) is 0 Å². The smallest absolute Gasteiger partial charge is 0.196 e. The third-order valence-corrected chi connectivity index (χ3v) is 3.67. The van der Waals surface area contributed by atoms with Crippen LogP contribution in [0, 0.1) is 12.7 Å². The molecule has 0 aliphatic carbocycles. The standard InChI is InChI=1S/C17H15FO2/c1-11-10-13(6-7-15(11)18)16(19)17-14-5-3-2-4-12(14)8-9-20-17/h2-7,10,17H,8-9H2,1H3. The van der Waals surface area contributed by atoms with E-state index in [1.807, 2.05) is 24.3 Å². The Labute approximate surface area is 117 Å². The van der Waals surface area contributed by atoms with Gasteiger partial charge in [-0.15, -0.1) is 0 Å². The van der Waals surface area contributed by atoms with E-state index in [-0.39, 0.29) is 11.6 Å². The summed E-state index contributed by atoms with van der Waals surface area (Å²) in [7, 11) is 0. The highest BCUT2D eigenvalue weighted by Gasteiger charge is 2.28. The van der Waals surface area contributed by atoms with E-state index in [1.54, 1.807) is 13.0 Å². The minimum absolute atomic E-state index is 0.111. The molecule has 3 rings (SSSR count). The molecular formula is C17H15FO2. The van der Waals surface area contributed by atoms with Crippen LogP contribution < -0.4 is 0 Å². The van der Waals surface area contributed by atoms with E-state index in [2.05, 4.69) is 0 Å². The van der Waals surface area contributed by atoms with Crippen molar-refractivity contribution in [3.63, 3.8) is 0 Å². The Morgan fingerprint density at radius 2 is 2.05 bits per heavy atom. The lowest BCUT2D eigenvalue weighted by Gasteiger charge is -2.25. The number of ketones is 1. The Balaban J connectivity index is 1.97. The number of hydrogen-bond acceptors (Lipinski definition) is 2. The van der Waals surface area contributed by atoms with Gasteiger partial charge in [-0.1, -0.05) is 24.3 Å². The van der Waals surface area contributed by atoms with Crippen molar-refractivity contribution in [1.29, 1.82) is 0 Å². The number of ether oxygens (including phenoxy) is 1. The van der Waals surface area contributed by atoms with Gasteiger partial charge >= 0.3 is 0 Å². The highest BCUT2D eigenvalue weighted by molar-refractivity contribution is 6.00. The Morgan fingerprint density at radius 3 is 2.85 bits per heavy atom. The van der Waals surface area contributed by atoms with E-state index >= 15 is 0 Å². The lowest BCUT2D eigenvalue weighted by atomic mass is 9.92. The van der Waals surface area contributed by atoms with E-state index in [1.165, 1.54) is 12.1 Å². The molecule has 0 saturated carbocycles. The molecule has 1 heterocycles. The van der Waals surface area contributed by atoms with Crippen LogP contribution in [0.5, 0.6) is 0 Å². The Bertz CT molecular complexity index is 664. The van der Waals surface area contributed by atoms with Crippen molar-refractivity contribution >= 4 is 5.78 Å². The fourth-order valence-corrected chi connectivity index (χ4v) is 2.56. The van der Waals surface area contributed by atoms with Gasteiger partial charge in [0.2, 0.25) is 0 Å². The topological polar surface area (TPSA) is 26.3 Å². The number of aryl methyl sites for hydroxylation is 1. The predicted molar refractivity (Wildman–Crippen MR) is 74.3 cm³/mol. The van der Waals surface area contributed by atoms with Crippen LogP contribution in [0.4, 0.5) is 4.39 Å². The second-order valence-electron chi connectivity index (χ2n) is 5.03. The summed E-state index contributed by atoms with van der Waals surface area (Å²) in [5.74, 6) is -0.410. The van der Waals surface area contributed by atoms with Gasteiger partial charge in [-0.25, -0.2) is 4.39 Å². The highest BCUT2D eigenvalue weighted by Crippen LogP contribution is 2.30. The van der Waals surface area contributed by atoms with E-state index in [9.17, 15) is 9.18 Å². The van der Waals surface area contributed by atoms with Crippen molar-refractivity contribution in [3.8, 4) is 0 Å². The number of rotatable bonds is 2. The summed E-state index contributed by atoms with van der Waals surface area (Å²) in [6, 6.07) is 12.2. The first-order valence-corrected chi connectivity index (χ1v) is 6.66.